The molecule has 0 atom stereocenters. The zero-order chi connectivity index (χ0) is 39.2. The van der Waals surface area contributed by atoms with E-state index < -0.39 is 0 Å². The third-order valence-corrected chi connectivity index (χ3v) is 7.52. The zero-order valence-corrected chi connectivity index (χ0v) is 35.3. The zero-order valence-electron chi connectivity index (χ0n) is 35.3. The van der Waals surface area contributed by atoms with Gasteiger partial charge in [0.05, 0.1) is 0 Å². The average molecular weight is 683 g/mol. The SMILES string of the molecule is CC(C)(C)C#Cc1cc2c(C#CC(C)(C)C)c(C#CC(C)(C)C)c3cc(C#CC(C)(C)C)cc4c(C#CC(C)(C)C)c(C#CC(C)(C)C)c(c1)c2c34. The van der Waals surface area contributed by atoms with Gasteiger partial charge in [-0.25, -0.2) is 0 Å². The van der Waals surface area contributed by atoms with E-state index in [2.05, 4.69) is 220 Å². The molecule has 0 aliphatic carbocycles. The van der Waals surface area contributed by atoms with Gasteiger partial charge in [0.15, 0.2) is 0 Å². The monoisotopic (exact) mass is 682 g/mol. The van der Waals surface area contributed by atoms with Gasteiger partial charge in [-0.3, -0.25) is 0 Å². The molecule has 0 heteroatoms. The topological polar surface area (TPSA) is 0 Å². The van der Waals surface area contributed by atoms with E-state index in [1.165, 1.54) is 0 Å². The first kappa shape index (κ1) is 40.1. The van der Waals surface area contributed by atoms with Crippen LogP contribution in [0.25, 0.3) is 32.3 Å². The molecular weight excluding hydrogens is 625 g/mol. The van der Waals surface area contributed by atoms with Crippen molar-refractivity contribution in [3.63, 3.8) is 0 Å². The van der Waals surface area contributed by atoms with Gasteiger partial charge in [0.25, 0.3) is 0 Å². The minimum atomic E-state index is -0.219. The van der Waals surface area contributed by atoms with Crippen molar-refractivity contribution in [3.05, 3.63) is 57.6 Å². The molecule has 0 aliphatic heterocycles. The molecule has 0 heterocycles. The molecule has 0 aromatic heterocycles. The minimum Gasteiger partial charge on any atom is -0.0920 e. The second kappa shape index (κ2) is 13.7. The lowest BCUT2D eigenvalue weighted by Crippen LogP contribution is -2.05. The van der Waals surface area contributed by atoms with Gasteiger partial charge in [0.2, 0.25) is 0 Å². The van der Waals surface area contributed by atoms with Crippen LogP contribution in [0.5, 0.6) is 0 Å². The van der Waals surface area contributed by atoms with Crippen LogP contribution in [0.3, 0.4) is 0 Å². The summed E-state index contributed by atoms with van der Waals surface area (Å²) in [6, 6.07) is 8.90. The molecule has 0 amide bonds. The van der Waals surface area contributed by atoms with Crippen molar-refractivity contribution >= 4 is 32.3 Å². The van der Waals surface area contributed by atoms with Crippen molar-refractivity contribution in [2.75, 3.05) is 0 Å². The first-order valence-corrected chi connectivity index (χ1v) is 18.6. The summed E-state index contributed by atoms with van der Waals surface area (Å²) in [5, 5.41) is 6.44. The largest absolute Gasteiger partial charge is 0.0920 e. The molecule has 0 bridgehead atoms. The summed E-state index contributed by atoms with van der Waals surface area (Å²) in [5.74, 6) is 43.1. The van der Waals surface area contributed by atoms with E-state index in [-0.39, 0.29) is 32.5 Å². The Morgan fingerprint density at radius 3 is 0.615 bits per heavy atom. The molecule has 0 spiro atoms. The highest BCUT2D eigenvalue weighted by molar-refractivity contribution is 6.29. The summed E-state index contributed by atoms with van der Waals surface area (Å²) in [6.07, 6.45) is 0. The summed E-state index contributed by atoms with van der Waals surface area (Å²) < 4.78 is 0. The Morgan fingerprint density at radius 1 is 0.269 bits per heavy atom. The molecule has 266 valence electrons. The first-order chi connectivity index (χ1) is 23.5. The Balaban J connectivity index is 2.56. The highest BCUT2D eigenvalue weighted by Crippen LogP contribution is 2.44. The van der Waals surface area contributed by atoms with Crippen molar-refractivity contribution in [3.8, 4) is 71.0 Å². The average Bonchev–Trinajstić information content (AvgIpc) is 2.95. The molecule has 0 nitrogen and oxygen atoms in total. The maximum atomic E-state index is 3.68. The lowest BCUT2D eigenvalue weighted by atomic mass is 9.81. The fourth-order valence-electron chi connectivity index (χ4n) is 5.33. The summed E-state index contributed by atoms with van der Waals surface area (Å²) >= 11 is 0. The second-order valence-electron chi connectivity index (χ2n) is 20.4. The van der Waals surface area contributed by atoms with E-state index in [1.54, 1.807) is 0 Å². The van der Waals surface area contributed by atoms with Gasteiger partial charge in [-0.15, -0.1) is 0 Å². The Hall–Kier alpha value is -4.72. The molecular formula is C52H58. The van der Waals surface area contributed by atoms with E-state index in [0.29, 0.717) is 0 Å². The molecule has 0 unspecified atom stereocenters. The predicted molar refractivity (Wildman–Crippen MR) is 228 cm³/mol. The Bertz CT molecular complexity index is 2130. The Morgan fingerprint density at radius 2 is 0.442 bits per heavy atom. The van der Waals surface area contributed by atoms with Crippen LogP contribution in [0, 0.1) is 104 Å². The van der Waals surface area contributed by atoms with Crippen LogP contribution >= 0.6 is 0 Å². The minimum absolute atomic E-state index is 0.167. The Labute approximate surface area is 317 Å². The van der Waals surface area contributed by atoms with Crippen molar-refractivity contribution < 1.29 is 0 Å². The van der Waals surface area contributed by atoms with E-state index in [4.69, 9.17) is 0 Å². The van der Waals surface area contributed by atoms with Crippen LogP contribution < -0.4 is 0 Å². The molecule has 0 aliphatic rings. The molecule has 0 saturated carbocycles. The number of benzene rings is 4. The number of hydrogen-bond donors (Lipinski definition) is 0. The van der Waals surface area contributed by atoms with Crippen LogP contribution in [-0.4, -0.2) is 0 Å². The molecule has 0 N–H and O–H groups in total. The van der Waals surface area contributed by atoms with Gasteiger partial charge >= 0.3 is 0 Å². The molecule has 4 rings (SSSR count). The molecule has 0 radical (unpaired) electrons. The van der Waals surface area contributed by atoms with Gasteiger partial charge < -0.3 is 0 Å². The van der Waals surface area contributed by atoms with Gasteiger partial charge in [-0.05, 0) is 149 Å². The maximum Gasteiger partial charge on any atom is 0.0487 e. The molecule has 52 heavy (non-hydrogen) atoms. The summed E-state index contributed by atoms with van der Waals surface area (Å²) in [6.45, 7) is 38.7. The summed E-state index contributed by atoms with van der Waals surface area (Å²) in [5.41, 5.74) is 4.35. The van der Waals surface area contributed by atoms with Crippen LogP contribution in [0.15, 0.2) is 24.3 Å². The first-order valence-electron chi connectivity index (χ1n) is 18.6. The predicted octanol–water partition coefficient (Wildman–Crippen LogP) is 13.0. The smallest absolute Gasteiger partial charge is 0.0487 e. The van der Waals surface area contributed by atoms with Crippen LogP contribution in [-0.2, 0) is 0 Å². The molecule has 4 aromatic rings. The highest BCUT2D eigenvalue weighted by atomic mass is 14.2. The molecule has 0 fully saturated rings. The van der Waals surface area contributed by atoms with Crippen molar-refractivity contribution in [2.45, 2.75) is 125 Å². The summed E-state index contributed by atoms with van der Waals surface area (Å²) in [4.78, 5) is 0. The van der Waals surface area contributed by atoms with E-state index in [1.807, 2.05) is 0 Å². The van der Waals surface area contributed by atoms with E-state index >= 15 is 0 Å². The van der Waals surface area contributed by atoms with Crippen molar-refractivity contribution in [2.24, 2.45) is 32.5 Å². The van der Waals surface area contributed by atoms with Crippen molar-refractivity contribution in [1.29, 1.82) is 0 Å². The second-order valence-corrected chi connectivity index (χ2v) is 20.4. The quantitative estimate of drug-likeness (QED) is 0.128. The normalized spacial score (nSPS) is 12.3. The van der Waals surface area contributed by atoms with Gasteiger partial charge in [-0.1, -0.05) is 71.0 Å². The van der Waals surface area contributed by atoms with Crippen LogP contribution in [0.1, 0.15) is 158 Å². The van der Waals surface area contributed by atoms with Crippen molar-refractivity contribution in [1.82, 2.24) is 0 Å². The van der Waals surface area contributed by atoms with E-state index in [9.17, 15) is 0 Å². The van der Waals surface area contributed by atoms with Crippen LogP contribution in [0.2, 0.25) is 0 Å². The van der Waals surface area contributed by atoms with E-state index in [0.717, 1.165) is 65.7 Å². The van der Waals surface area contributed by atoms with Crippen LogP contribution in [0.4, 0.5) is 0 Å². The standard InChI is InChI=1S/C52H58/c1-47(2,3)25-19-35-31-41-37(21-27-49(7,8)9)39(23-29-51(13,14)15)43-33-36(20-26-48(4,5)6)34-44-40(24-30-52(16,17)18)38(22-28-50(10,11)12)42(32-35)45(41)46(43)44/h31-34H,1-18H3. The fourth-order valence-corrected chi connectivity index (χ4v) is 5.33. The third kappa shape index (κ3) is 10.7. The lowest BCUT2D eigenvalue weighted by Gasteiger charge is -2.20. The lowest BCUT2D eigenvalue weighted by molar-refractivity contribution is 0.570. The van der Waals surface area contributed by atoms with Gasteiger partial charge in [-0.2, -0.15) is 0 Å². The number of hydrogen-bond acceptors (Lipinski definition) is 0. The maximum absolute atomic E-state index is 3.68. The fraction of sp³-hybridized carbons (Fsp3) is 0.462. The third-order valence-electron chi connectivity index (χ3n) is 7.52. The molecule has 0 saturated heterocycles. The van der Waals surface area contributed by atoms with Gasteiger partial charge in [0, 0.05) is 98.2 Å². The summed E-state index contributed by atoms with van der Waals surface area (Å²) in [7, 11) is 0. The van der Waals surface area contributed by atoms with Gasteiger partial charge in [0.1, 0.15) is 0 Å². The highest BCUT2D eigenvalue weighted by Gasteiger charge is 2.24. The molecule has 4 aromatic carbocycles. The number of rotatable bonds is 0. The Kier molecular flexibility index (Phi) is 10.5.